The smallest absolute Gasteiger partial charge is 0.245 e. The largest absolute Gasteiger partial charge is 0.497 e. The van der Waals surface area contributed by atoms with Crippen LogP contribution in [0.25, 0.3) is 0 Å². The predicted molar refractivity (Wildman–Crippen MR) is 111 cm³/mol. The maximum Gasteiger partial charge on any atom is 0.245 e. The number of hydrogen-bond donors (Lipinski definition) is 1. The Hall–Kier alpha value is -2.74. The minimum absolute atomic E-state index is 0.233. The lowest BCUT2D eigenvalue weighted by molar-refractivity contribution is -0.114. The zero-order chi connectivity index (χ0) is 21.1. The van der Waals surface area contributed by atoms with Gasteiger partial charge in [-0.05, 0) is 44.0 Å². The summed E-state index contributed by atoms with van der Waals surface area (Å²) in [6.45, 7) is 5.38. The molecule has 28 heavy (non-hydrogen) atoms. The van der Waals surface area contributed by atoms with Crippen LogP contribution in [0.1, 0.15) is 16.7 Å². The monoisotopic (exact) mass is 406 g/mol. The van der Waals surface area contributed by atoms with E-state index in [0.29, 0.717) is 17.2 Å². The number of anilines is 2. The Kier molecular flexibility index (Phi) is 6.56. The van der Waals surface area contributed by atoms with Crippen molar-refractivity contribution in [1.29, 1.82) is 0 Å². The van der Waals surface area contributed by atoms with Gasteiger partial charge in [-0.15, -0.1) is 0 Å². The lowest BCUT2D eigenvalue weighted by atomic mass is 10.1. The molecule has 0 bridgehead atoms. The predicted octanol–water partition coefficient (Wildman–Crippen LogP) is 3.03. The Morgan fingerprint density at radius 1 is 1.04 bits per heavy atom. The van der Waals surface area contributed by atoms with Crippen molar-refractivity contribution in [1.82, 2.24) is 0 Å². The fourth-order valence-corrected chi connectivity index (χ4v) is 3.91. The number of methoxy groups -OCH3 is 2. The van der Waals surface area contributed by atoms with Gasteiger partial charge in [0.2, 0.25) is 15.9 Å². The molecule has 152 valence electrons. The van der Waals surface area contributed by atoms with Gasteiger partial charge >= 0.3 is 0 Å². The van der Waals surface area contributed by atoms with Crippen molar-refractivity contribution in [3.8, 4) is 11.5 Å². The van der Waals surface area contributed by atoms with E-state index in [4.69, 9.17) is 9.47 Å². The molecule has 0 radical (unpaired) electrons. The average molecular weight is 407 g/mol. The molecule has 8 heteroatoms. The molecule has 0 saturated carbocycles. The zero-order valence-electron chi connectivity index (χ0n) is 17.0. The first-order valence-electron chi connectivity index (χ1n) is 8.64. The summed E-state index contributed by atoms with van der Waals surface area (Å²) < 4.78 is 36.3. The van der Waals surface area contributed by atoms with Crippen molar-refractivity contribution < 1.29 is 22.7 Å². The van der Waals surface area contributed by atoms with Crippen molar-refractivity contribution in [2.45, 2.75) is 20.8 Å². The first kappa shape index (κ1) is 21.6. The Labute approximate surface area is 166 Å². The minimum Gasteiger partial charge on any atom is -0.497 e. The quantitative estimate of drug-likeness (QED) is 0.764. The van der Waals surface area contributed by atoms with Crippen LogP contribution in [0.4, 0.5) is 11.4 Å². The number of ether oxygens (including phenoxy) is 2. The third-order valence-electron chi connectivity index (χ3n) is 4.28. The number of carbonyl (C=O) groups excluding carboxylic acids is 1. The lowest BCUT2D eigenvalue weighted by Gasteiger charge is -2.24. The Balaban J connectivity index is 2.38. The van der Waals surface area contributed by atoms with Gasteiger partial charge in [0.15, 0.2) is 0 Å². The first-order chi connectivity index (χ1) is 13.1. The second-order valence-electron chi connectivity index (χ2n) is 6.63. The average Bonchev–Trinajstić information content (AvgIpc) is 2.61. The van der Waals surface area contributed by atoms with E-state index in [1.165, 1.54) is 20.3 Å². The Morgan fingerprint density at radius 2 is 1.64 bits per heavy atom. The van der Waals surface area contributed by atoms with Crippen molar-refractivity contribution in [3.05, 3.63) is 47.0 Å². The van der Waals surface area contributed by atoms with Crippen molar-refractivity contribution >= 4 is 27.3 Å². The fraction of sp³-hybridized carbons (Fsp3) is 0.350. The van der Waals surface area contributed by atoms with Crippen molar-refractivity contribution in [2.24, 2.45) is 0 Å². The van der Waals surface area contributed by atoms with E-state index in [9.17, 15) is 13.2 Å². The molecule has 2 rings (SSSR count). The highest BCUT2D eigenvalue weighted by molar-refractivity contribution is 7.92. The number of aryl methyl sites for hydroxylation is 3. The minimum atomic E-state index is -3.75. The van der Waals surface area contributed by atoms with Gasteiger partial charge in [0.1, 0.15) is 18.0 Å². The van der Waals surface area contributed by atoms with E-state index in [2.05, 4.69) is 5.32 Å². The second kappa shape index (κ2) is 8.52. The van der Waals surface area contributed by atoms with Crippen LogP contribution < -0.4 is 19.1 Å². The molecular formula is C20H26N2O5S. The van der Waals surface area contributed by atoms with E-state index in [0.717, 1.165) is 27.3 Å². The summed E-state index contributed by atoms with van der Waals surface area (Å²) in [6.07, 6.45) is 1.04. The van der Waals surface area contributed by atoms with Gasteiger partial charge in [-0.25, -0.2) is 8.42 Å². The molecule has 0 unspecified atom stereocenters. The third kappa shape index (κ3) is 4.95. The molecule has 0 saturated heterocycles. The van der Waals surface area contributed by atoms with E-state index >= 15 is 0 Å². The van der Waals surface area contributed by atoms with Gasteiger partial charge in [-0.2, -0.15) is 0 Å². The third-order valence-corrected chi connectivity index (χ3v) is 5.41. The van der Waals surface area contributed by atoms with Gasteiger partial charge in [-0.1, -0.05) is 17.7 Å². The van der Waals surface area contributed by atoms with Crippen LogP contribution in [-0.4, -0.2) is 41.3 Å². The second-order valence-corrected chi connectivity index (χ2v) is 8.54. The van der Waals surface area contributed by atoms with E-state index < -0.39 is 22.5 Å². The van der Waals surface area contributed by atoms with Gasteiger partial charge < -0.3 is 14.8 Å². The molecule has 0 aromatic heterocycles. The van der Waals surface area contributed by atoms with Crippen LogP contribution in [0.2, 0.25) is 0 Å². The summed E-state index contributed by atoms with van der Waals surface area (Å²) >= 11 is 0. The molecule has 0 aliphatic carbocycles. The van der Waals surface area contributed by atoms with E-state index in [-0.39, 0.29) is 5.69 Å². The van der Waals surface area contributed by atoms with Gasteiger partial charge in [0.25, 0.3) is 0 Å². The Bertz CT molecular complexity index is 963. The molecule has 2 aromatic rings. The molecule has 2 aromatic carbocycles. The number of sulfonamides is 1. The normalized spacial score (nSPS) is 11.1. The molecule has 7 nitrogen and oxygen atoms in total. The summed E-state index contributed by atoms with van der Waals surface area (Å²) in [6, 6.07) is 8.69. The van der Waals surface area contributed by atoms with E-state index in [1.54, 1.807) is 12.1 Å². The molecule has 0 atom stereocenters. The van der Waals surface area contributed by atoms with Crippen LogP contribution in [0, 0.1) is 20.8 Å². The molecule has 1 N–H and O–H groups in total. The van der Waals surface area contributed by atoms with Crippen molar-refractivity contribution in [3.63, 3.8) is 0 Å². The fourth-order valence-electron chi connectivity index (χ4n) is 3.06. The molecule has 0 spiro atoms. The molecule has 0 aliphatic heterocycles. The van der Waals surface area contributed by atoms with Crippen LogP contribution >= 0.6 is 0 Å². The van der Waals surface area contributed by atoms with Gasteiger partial charge in [-0.3, -0.25) is 9.10 Å². The van der Waals surface area contributed by atoms with Crippen LogP contribution in [0.5, 0.6) is 11.5 Å². The molecular weight excluding hydrogens is 380 g/mol. The first-order valence-corrected chi connectivity index (χ1v) is 10.5. The van der Waals surface area contributed by atoms with E-state index in [1.807, 2.05) is 32.9 Å². The Morgan fingerprint density at radius 3 is 2.14 bits per heavy atom. The highest BCUT2D eigenvalue weighted by Gasteiger charge is 2.25. The highest BCUT2D eigenvalue weighted by Crippen LogP contribution is 2.33. The molecule has 0 aliphatic rings. The summed E-state index contributed by atoms with van der Waals surface area (Å²) in [5.41, 5.74) is 3.83. The zero-order valence-corrected chi connectivity index (χ0v) is 17.8. The van der Waals surface area contributed by atoms with Crippen LogP contribution in [-0.2, 0) is 14.8 Å². The summed E-state index contributed by atoms with van der Waals surface area (Å²) in [7, 11) is -0.839. The van der Waals surface area contributed by atoms with Gasteiger partial charge in [0, 0.05) is 11.8 Å². The molecule has 0 fully saturated rings. The topological polar surface area (TPSA) is 84.9 Å². The number of carbonyl (C=O) groups is 1. The number of nitrogens with zero attached hydrogens (tertiary/aromatic N) is 1. The highest BCUT2D eigenvalue weighted by atomic mass is 32.2. The number of hydrogen-bond acceptors (Lipinski definition) is 5. The van der Waals surface area contributed by atoms with Crippen molar-refractivity contribution in [2.75, 3.05) is 36.6 Å². The maximum absolute atomic E-state index is 12.7. The van der Waals surface area contributed by atoms with Crippen LogP contribution in [0.15, 0.2) is 30.3 Å². The van der Waals surface area contributed by atoms with Gasteiger partial charge in [0.05, 0.1) is 26.2 Å². The number of rotatable bonds is 7. The summed E-state index contributed by atoms with van der Waals surface area (Å²) in [5, 5.41) is 2.83. The SMILES string of the molecule is COc1ccc(OC)c(N(CC(=O)Nc2c(C)cc(C)cc2C)S(C)(=O)=O)c1. The summed E-state index contributed by atoms with van der Waals surface area (Å²) in [4.78, 5) is 12.7. The number of nitrogens with one attached hydrogen (secondary N) is 1. The summed E-state index contributed by atoms with van der Waals surface area (Å²) in [5.74, 6) is 0.321. The molecule has 1 amide bonds. The number of benzene rings is 2. The molecule has 0 heterocycles. The standard InChI is InChI=1S/C20H26N2O5S/c1-13-9-14(2)20(15(3)10-13)21-19(23)12-22(28(6,24)25)17-11-16(26-4)7-8-18(17)27-5/h7-11H,12H2,1-6H3,(H,21,23). The maximum atomic E-state index is 12.7. The van der Waals surface area contributed by atoms with Crippen LogP contribution in [0.3, 0.4) is 0 Å². The lowest BCUT2D eigenvalue weighted by Crippen LogP contribution is -2.37. The number of amides is 1.